The van der Waals surface area contributed by atoms with Crippen molar-refractivity contribution in [2.45, 2.75) is 19.8 Å². The van der Waals surface area contributed by atoms with Gasteiger partial charge in [-0.15, -0.1) is 5.10 Å². The zero-order valence-electron chi connectivity index (χ0n) is 17.9. The zero-order valence-corrected chi connectivity index (χ0v) is 19.5. The van der Waals surface area contributed by atoms with Gasteiger partial charge in [0, 0.05) is 23.6 Å². The van der Waals surface area contributed by atoms with Crippen LogP contribution in [0.25, 0.3) is 0 Å². The molecule has 0 amide bonds. The van der Waals surface area contributed by atoms with E-state index >= 15 is 0 Å². The van der Waals surface area contributed by atoms with Gasteiger partial charge in [-0.05, 0) is 66.2 Å². The SMILES string of the molecule is CCC(=O)OC1=NN(c2ccc(Cl)cc2)/C(=C/C2=NCCc3cc(OC)c(OC)cc32)S1. The van der Waals surface area contributed by atoms with E-state index in [9.17, 15) is 4.79 Å². The van der Waals surface area contributed by atoms with Crippen LogP contribution in [0.3, 0.4) is 0 Å². The molecule has 9 heteroatoms. The highest BCUT2D eigenvalue weighted by Crippen LogP contribution is 2.38. The van der Waals surface area contributed by atoms with Crippen LogP contribution in [0.1, 0.15) is 24.5 Å². The lowest BCUT2D eigenvalue weighted by Crippen LogP contribution is -2.15. The van der Waals surface area contributed by atoms with Gasteiger partial charge in [-0.2, -0.15) is 0 Å². The summed E-state index contributed by atoms with van der Waals surface area (Å²) in [5.41, 5.74) is 3.69. The number of hydrogen-bond acceptors (Lipinski definition) is 8. The van der Waals surface area contributed by atoms with Gasteiger partial charge >= 0.3 is 5.97 Å². The summed E-state index contributed by atoms with van der Waals surface area (Å²) >= 11 is 7.32. The molecule has 0 atom stereocenters. The normalized spacial score (nSPS) is 16.4. The van der Waals surface area contributed by atoms with Crippen LogP contribution in [-0.4, -0.2) is 37.7 Å². The number of nitrogens with zero attached hydrogens (tertiary/aromatic N) is 3. The Hall–Kier alpha value is -2.97. The van der Waals surface area contributed by atoms with Crippen molar-refractivity contribution in [1.29, 1.82) is 0 Å². The molecule has 0 radical (unpaired) electrons. The summed E-state index contributed by atoms with van der Waals surface area (Å²) in [6.07, 6.45) is 3.02. The van der Waals surface area contributed by atoms with Gasteiger partial charge in [-0.1, -0.05) is 18.5 Å². The third-order valence-electron chi connectivity index (χ3n) is 4.95. The lowest BCUT2D eigenvalue weighted by molar-refractivity contribution is -0.134. The molecule has 0 fully saturated rings. The van der Waals surface area contributed by atoms with E-state index in [-0.39, 0.29) is 17.6 Å². The van der Waals surface area contributed by atoms with E-state index < -0.39 is 0 Å². The second-order valence-electron chi connectivity index (χ2n) is 6.95. The van der Waals surface area contributed by atoms with Crippen LogP contribution >= 0.6 is 23.4 Å². The molecule has 2 aromatic carbocycles. The number of thioether (sulfide) groups is 1. The fraction of sp³-hybridized carbons (Fsp3) is 0.261. The molecule has 2 aliphatic heterocycles. The van der Waals surface area contributed by atoms with Crippen molar-refractivity contribution in [1.82, 2.24) is 0 Å². The second kappa shape index (κ2) is 9.67. The Morgan fingerprint density at radius 2 is 1.91 bits per heavy atom. The number of carbonyl (C=O) groups excluding carboxylic acids is 1. The van der Waals surface area contributed by atoms with E-state index in [2.05, 4.69) is 5.10 Å². The summed E-state index contributed by atoms with van der Waals surface area (Å²) in [7, 11) is 3.24. The molecule has 0 N–H and O–H groups in total. The number of aliphatic imine (C=N–C) groups is 1. The number of hydrazone groups is 1. The maximum absolute atomic E-state index is 11.8. The van der Waals surface area contributed by atoms with E-state index in [4.69, 9.17) is 30.8 Å². The number of fused-ring (bicyclic) bond motifs is 1. The molecule has 0 aromatic heterocycles. The van der Waals surface area contributed by atoms with E-state index in [0.717, 1.165) is 34.0 Å². The predicted molar refractivity (Wildman–Crippen MR) is 128 cm³/mol. The number of hydrogen-bond donors (Lipinski definition) is 0. The quantitative estimate of drug-likeness (QED) is 0.570. The molecule has 4 rings (SSSR count). The summed E-state index contributed by atoms with van der Waals surface area (Å²) in [5, 5.41) is 7.86. The van der Waals surface area contributed by atoms with Gasteiger partial charge in [0.2, 0.25) is 0 Å². The molecule has 0 bridgehead atoms. The lowest BCUT2D eigenvalue weighted by Gasteiger charge is -2.20. The lowest BCUT2D eigenvalue weighted by atomic mass is 9.96. The number of carbonyl (C=O) groups is 1. The van der Waals surface area contributed by atoms with Crippen LogP contribution in [0.2, 0.25) is 5.02 Å². The van der Waals surface area contributed by atoms with Crippen LogP contribution in [0.4, 0.5) is 5.69 Å². The van der Waals surface area contributed by atoms with Crippen LogP contribution < -0.4 is 14.5 Å². The summed E-state index contributed by atoms with van der Waals surface area (Å²) in [6, 6.07) is 11.2. The third-order valence-corrected chi connectivity index (χ3v) is 6.04. The average Bonchev–Trinajstić information content (AvgIpc) is 3.20. The highest BCUT2D eigenvalue weighted by Gasteiger charge is 2.28. The van der Waals surface area contributed by atoms with E-state index in [1.54, 1.807) is 38.3 Å². The van der Waals surface area contributed by atoms with Gasteiger partial charge in [0.25, 0.3) is 5.23 Å². The van der Waals surface area contributed by atoms with Crippen molar-refractivity contribution in [3.05, 3.63) is 63.7 Å². The molecule has 0 saturated carbocycles. The van der Waals surface area contributed by atoms with Crippen molar-refractivity contribution in [2.75, 3.05) is 25.8 Å². The molecular weight excluding hydrogens is 450 g/mol. The number of methoxy groups -OCH3 is 2. The number of benzene rings is 2. The fourth-order valence-electron chi connectivity index (χ4n) is 3.34. The average molecular weight is 472 g/mol. The van der Waals surface area contributed by atoms with Crippen molar-refractivity contribution in [3.63, 3.8) is 0 Å². The molecular formula is C23H22ClN3O4S. The van der Waals surface area contributed by atoms with Crippen molar-refractivity contribution in [2.24, 2.45) is 10.1 Å². The standard InChI is InChI=1S/C23H22ClN3O4S/c1-4-22(28)31-23-26-27(16-7-5-15(24)6-8-16)21(32-23)13-18-17-12-20(30-3)19(29-2)11-14(17)9-10-25-18/h5-8,11-13H,4,9-10H2,1-3H3/b21-13-. The number of allylic oxidation sites excluding steroid dienone is 1. The van der Waals surface area contributed by atoms with Gasteiger partial charge in [0.15, 0.2) is 11.5 Å². The number of rotatable bonds is 5. The molecule has 2 heterocycles. The van der Waals surface area contributed by atoms with Gasteiger partial charge in [-0.25, -0.2) is 5.01 Å². The first-order valence-corrected chi connectivity index (χ1v) is 11.3. The highest BCUT2D eigenvalue weighted by molar-refractivity contribution is 8.17. The highest BCUT2D eigenvalue weighted by atomic mass is 35.5. The van der Waals surface area contributed by atoms with Gasteiger partial charge < -0.3 is 14.2 Å². The minimum Gasteiger partial charge on any atom is -0.493 e. The van der Waals surface area contributed by atoms with Crippen molar-refractivity contribution in [3.8, 4) is 11.5 Å². The first-order chi connectivity index (χ1) is 15.5. The number of esters is 1. The smallest absolute Gasteiger partial charge is 0.312 e. The molecule has 2 aliphatic rings. The van der Waals surface area contributed by atoms with Crippen LogP contribution in [0.15, 0.2) is 57.6 Å². The van der Waals surface area contributed by atoms with Crippen LogP contribution in [0.5, 0.6) is 11.5 Å². The molecule has 7 nitrogen and oxygen atoms in total. The first-order valence-electron chi connectivity index (χ1n) is 10.1. The third kappa shape index (κ3) is 4.61. The second-order valence-corrected chi connectivity index (χ2v) is 8.36. The number of halogens is 1. The Bertz CT molecular complexity index is 1130. The summed E-state index contributed by atoms with van der Waals surface area (Å²) in [6.45, 7) is 2.40. The molecule has 0 saturated heterocycles. The van der Waals surface area contributed by atoms with E-state index in [1.807, 2.05) is 30.3 Å². The Labute approximate surface area is 195 Å². The Kier molecular flexibility index (Phi) is 6.72. The van der Waals surface area contributed by atoms with E-state index in [1.165, 1.54) is 11.8 Å². The fourth-order valence-corrected chi connectivity index (χ4v) is 4.31. The van der Waals surface area contributed by atoms with Crippen molar-refractivity contribution >= 4 is 46.0 Å². The molecule has 32 heavy (non-hydrogen) atoms. The first kappa shape index (κ1) is 22.2. The Morgan fingerprint density at radius 3 is 2.59 bits per heavy atom. The molecule has 0 unspecified atom stereocenters. The van der Waals surface area contributed by atoms with Gasteiger partial charge in [0.05, 0.1) is 25.6 Å². The number of anilines is 1. The minimum atomic E-state index is -0.342. The largest absolute Gasteiger partial charge is 0.493 e. The summed E-state index contributed by atoms with van der Waals surface area (Å²) < 4.78 is 16.3. The number of ether oxygens (including phenoxy) is 3. The maximum atomic E-state index is 11.8. The molecule has 0 spiro atoms. The predicted octanol–water partition coefficient (Wildman–Crippen LogP) is 5.02. The Balaban J connectivity index is 1.72. The topological polar surface area (TPSA) is 72.7 Å². The molecule has 0 aliphatic carbocycles. The molecule has 2 aromatic rings. The Morgan fingerprint density at radius 1 is 1.19 bits per heavy atom. The summed E-state index contributed by atoms with van der Waals surface area (Å²) in [5.74, 6) is 0.989. The van der Waals surface area contributed by atoms with Crippen LogP contribution in [0, 0.1) is 0 Å². The van der Waals surface area contributed by atoms with Crippen molar-refractivity contribution < 1.29 is 19.0 Å². The monoisotopic (exact) mass is 471 g/mol. The summed E-state index contributed by atoms with van der Waals surface area (Å²) in [4.78, 5) is 16.6. The van der Waals surface area contributed by atoms with E-state index in [0.29, 0.717) is 23.1 Å². The zero-order chi connectivity index (χ0) is 22.7. The molecule has 166 valence electrons. The minimum absolute atomic E-state index is 0.265. The maximum Gasteiger partial charge on any atom is 0.312 e. The van der Waals surface area contributed by atoms with Gasteiger partial charge in [0.1, 0.15) is 5.03 Å². The van der Waals surface area contributed by atoms with Gasteiger partial charge in [-0.3, -0.25) is 9.79 Å². The van der Waals surface area contributed by atoms with Crippen LogP contribution in [-0.2, 0) is 16.0 Å².